The van der Waals surface area contributed by atoms with Gasteiger partial charge in [-0.15, -0.1) is 0 Å². The minimum Gasteiger partial charge on any atom is -0.346 e. The molecule has 0 aliphatic carbocycles. The normalized spacial score (nSPS) is 14.1. The van der Waals surface area contributed by atoms with Crippen LogP contribution in [-0.4, -0.2) is 11.6 Å². The molecule has 2 aromatic rings. The van der Waals surface area contributed by atoms with Crippen LogP contribution in [0, 0.1) is 0 Å². The Labute approximate surface area is 103 Å². The molecule has 1 aromatic heterocycles. The maximum Gasteiger partial charge on any atom is 0.416 e. The molecule has 0 radical (unpaired) electrons. The van der Waals surface area contributed by atoms with E-state index in [1.54, 1.807) is 6.07 Å². The van der Waals surface area contributed by atoms with E-state index in [2.05, 4.69) is 5.32 Å². The van der Waals surface area contributed by atoms with Crippen LogP contribution in [0.1, 0.15) is 24.2 Å². The first-order valence-electron chi connectivity index (χ1n) is 5.68. The number of nitrogens with zero attached hydrogens (tertiary/aromatic N) is 1. The van der Waals surface area contributed by atoms with Crippen LogP contribution in [0.4, 0.5) is 13.2 Å². The molecule has 1 N–H and O–H groups in total. The zero-order valence-corrected chi connectivity index (χ0v) is 10.5. The number of benzene rings is 1. The van der Waals surface area contributed by atoms with E-state index in [-0.39, 0.29) is 6.04 Å². The number of aromatic nitrogens is 1. The van der Waals surface area contributed by atoms with Gasteiger partial charge in [-0.05, 0) is 38.2 Å². The lowest BCUT2D eigenvalue weighted by Gasteiger charge is -2.11. The van der Waals surface area contributed by atoms with Crippen molar-refractivity contribution in [2.45, 2.75) is 19.1 Å². The van der Waals surface area contributed by atoms with Gasteiger partial charge in [0.15, 0.2) is 0 Å². The molecule has 1 atom stereocenters. The molecular formula is C13H15F3N2. The molecule has 18 heavy (non-hydrogen) atoms. The molecule has 1 unspecified atom stereocenters. The molecule has 2 rings (SSSR count). The highest BCUT2D eigenvalue weighted by atomic mass is 19.4. The Morgan fingerprint density at radius 1 is 1.22 bits per heavy atom. The van der Waals surface area contributed by atoms with Crippen molar-refractivity contribution >= 4 is 10.9 Å². The summed E-state index contributed by atoms with van der Waals surface area (Å²) in [5.41, 5.74) is 1.16. The largest absolute Gasteiger partial charge is 0.416 e. The van der Waals surface area contributed by atoms with Crippen LogP contribution in [0.15, 0.2) is 24.3 Å². The van der Waals surface area contributed by atoms with E-state index in [0.29, 0.717) is 5.39 Å². The topological polar surface area (TPSA) is 17.0 Å². The van der Waals surface area contributed by atoms with Gasteiger partial charge in [0.25, 0.3) is 0 Å². The van der Waals surface area contributed by atoms with Crippen molar-refractivity contribution in [1.29, 1.82) is 0 Å². The molecule has 0 bridgehead atoms. The molecular weight excluding hydrogens is 241 g/mol. The molecule has 0 fully saturated rings. The van der Waals surface area contributed by atoms with E-state index in [4.69, 9.17) is 0 Å². The molecule has 1 aromatic carbocycles. The first kappa shape index (κ1) is 13.0. The van der Waals surface area contributed by atoms with Crippen LogP contribution in [0.3, 0.4) is 0 Å². The number of hydrogen-bond acceptors (Lipinski definition) is 1. The number of alkyl halides is 3. The highest BCUT2D eigenvalue weighted by Gasteiger charge is 2.30. The van der Waals surface area contributed by atoms with Crippen LogP contribution < -0.4 is 5.32 Å². The van der Waals surface area contributed by atoms with Gasteiger partial charge in [0, 0.05) is 29.7 Å². The zero-order chi connectivity index (χ0) is 13.5. The van der Waals surface area contributed by atoms with Crippen LogP contribution in [-0.2, 0) is 13.2 Å². The fourth-order valence-electron chi connectivity index (χ4n) is 2.11. The summed E-state index contributed by atoms with van der Waals surface area (Å²) in [6.45, 7) is 1.97. The molecule has 0 saturated heterocycles. The fraction of sp³-hybridized carbons (Fsp3) is 0.385. The van der Waals surface area contributed by atoms with Gasteiger partial charge in [-0.25, -0.2) is 0 Å². The van der Waals surface area contributed by atoms with Crippen molar-refractivity contribution in [3.8, 4) is 0 Å². The molecule has 0 aliphatic rings. The summed E-state index contributed by atoms with van der Waals surface area (Å²) in [4.78, 5) is 0. The molecule has 2 nitrogen and oxygen atoms in total. The van der Waals surface area contributed by atoms with E-state index in [9.17, 15) is 13.2 Å². The highest BCUT2D eigenvalue weighted by Crippen LogP contribution is 2.32. The predicted molar refractivity (Wildman–Crippen MR) is 65.4 cm³/mol. The van der Waals surface area contributed by atoms with Gasteiger partial charge in [0.05, 0.1) is 5.56 Å². The van der Waals surface area contributed by atoms with E-state index >= 15 is 0 Å². The predicted octanol–water partition coefficient (Wildman–Crippen LogP) is 3.48. The van der Waals surface area contributed by atoms with Crippen molar-refractivity contribution in [3.05, 3.63) is 35.5 Å². The number of aryl methyl sites for hydroxylation is 1. The summed E-state index contributed by atoms with van der Waals surface area (Å²) < 4.78 is 39.8. The van der Waals surface area contributed by atoms with Crippen molar-refractivity contribution in [1.82, 2.24) is 9.88 Å². The van der Waals surface area contributed by atoms with Crippen molar-refractivity contribution in [2.24, 2.45) is 7.05 Å². The second kappa shape index (κ2) is 4.31. The lowest BCUT2D eigenvalue weighted by atomic mass is 10.1. The van der Waals surface area contributed by atoms with E-state index in [0.717, 1.165) is 17.3 Å². The van der Waals surface area contributed by atoms with Crippen LogP contribution >= 0.6 is 0 Å². The Bertz CT molecular complexity index is 569. The summed E-state index contributed by atoms with van der Waals surface area (Å²) in [6, 6.07) is 5.73. The number of fused-ring (bicyclic) bond motifs is 1. The lowest BCUT2D eigenvalue weighted by Crippen LogP contribution is -2.15. The quantitative estimate of drug-likeness (QED) is 0.870. The Balaban J connectivity index is 2.59. The van der Waals surface area contributed by atoms with Gasteiger partial charge in [0.1, 0.15) is 0 Å². The Hall–Kier alpha value is -1.49. The van der Waals surface area contributed by atoms with E-state index in [1.807, 2.05) is 25.6 Å². The standard InChI is InChI=1S/C13H15F3N2/c1-8(17-2)12-7-9-6-10(13(14,15)16)4-5-11(9)18(12)3/h4-8,17H,1-3H3. The lowest BCUT2D eigenvalue weighted by molar-refractivity contribution is -0.137. The van der Waals surface area contributed by atoms with Crippen molar-refractivity contribution in [3.63, 3.8) is 0 Å². The van der Waals surface area contributed by atoms with Gasteiger partial charge >= 0.3 is 6.18 Å². The van der Waals surface area contributed by atoms with Gasteiger partial charge in [-0.1, -0.05) is 0 Å². The first-order valence-corrected chi connectivity index (χ1v) is 5.68. The van der Waals surface area contributed by atoms with E-state index in [1.165, 1.54) is 12.1 Å². The summed E-state index contributed by atoms with van der Waals surface area (Å²) in [5, 5.41) is 3.70. The fourth-order valence-corrected chi connectivity index (χ4v) is 2.11. The van der Waals surface area contributed by atoms with Crippen LogP contribution in [0.2, 0.25) is 0 Å². The third-order valence-electron chi connectivity index (χ3n) is 3.28. The molecule has 0 aliphatic heterocycles. The van der Waals surface area contributed by atoms with Crippen molar-refractivity contribution in [2.75, 3.05) is 7.05 Å². The first-order chi connectivity index (χ1) is 8.34. The Morgan fingerprint density at radius 3 is 2.44 bits per heavy atom. The molecule has 5 heteroatoms. The minimum atomic E-state index is -4.29. The maximum atomic E-state index is 12.6. The van der Waals surface area contributed by atoms with E-state index < -0.39 is 11.7 Å². The second-order valence-corrected chi connectivity index (χ2v) is 4.41. The number of nitrogens with one attached hydrogen (secondary N) is 1. The number of rotatable bonds is 2. The third-order valence-corrected chi connectivity index (χ3v) is 3.28. The average Bonchev–Trinajstić information content (AvgIpc) is 2.64. The van der Waals surface area contributed by atoms with Crippen molar-refractivity contribution < 1.29 is 13.2 Å². The van der Waals surface area contributed by atoms with Gasteiger partial charge in [0.2, 0.25) is 0 Å². The van der Waals surface area contributed by atoms with Gasteiger partial charge in [-0.2, -0.15) is 13.2 Å². The zero-order valence-electron chi connectivity index (χ0n) is 10.5. The summed E-state index contributed by atoms with van der Waals surface area (Å²) >= 11 is 0. The Morgan fingerprint density at radius 2 is 1.89 bits per heavy atom. The van der Waals surface area contributed by atoms with Gasteiger partial charge < -0.3 is 9.88 Å². The second-order valence-electron chi connectivity index (χ2n) is 4.41. The summed E-state index contributed by atoms with van der Waals surface area (Å²) in [5.74, 6) is 0. The minimum absolute atomic E-state index is 0.0942. The monoisotopic (exact) mass is 256 g/mol. The summed E-state index contributed by atoms with van der Waals surface area (Å²) in [6.07, 6.45) is -4.29. The Kier molecular flexibility index (Phi) is 3.11. The van der Waals surface area contributed by atoms with Crippen LogP contribution in [0.5, 0.6) is 0 Å². The van der Waals surface area contributed by atoms with Gasteiger partial charge in [-0.3, -0.25) is 0 Å². The average molecular weight is 256 g/mol. The molecule has 0 saturated carbocycles. The molecule has 0 spiro atoms. The SMILES string of the molecule is CNC(C)c1cc2cc(C(F)(F)F)ccc2n1C. The molecule has 98 valence electrons. The number of hydrogen-bond donors (Lipinski definition) is 1. The van der Waals surface area contributed by atoms with Crippen LogP contribution in [0.25, 0.3) is 10.9 Å². The highest BCUT2D eigenvalue weighted by molar-refractivity contribution is 5.82. The maximum absolute atomic E-state index is 12.6. The number of halogens is 3. The third kappa shape index (κ3) is 2.10. The molecule has 1 heterocycles. The smallest absolute Gasteiger partial charge is 0.346 e. The summed E-state index contributed by atoms with van der Waals surface area (Å²) in [7, 11) is 3.68. The molecule has 0 amide bonds.